The maximum Gasteiger partial charge on any atom is 0.338 e. The van der Waals surface area contributed by atoms with E-state index in [9.17, 15) is 4.79 Å². The van der Waals surface area contributed by atoms with Crippen LogP contribution in [0.4, 0.5) is 5.69 Å². The molecule has 1 N–H and O–H groups in total. The standard InChI is InChI=1S/C25H33N3O2S/c1-2-30-24(29)17-8-10-21(11-9-17)26-25(31)28-13-5-6-18-14-19-15-20(23(18)28)16-27-12-4-3-7-22(19)27/h8-11,14,19-20,22-23H,2-7,12-13,15-16H2,1H3,(H,26,31)/t19?,20?,22-,23-/m1/s1. The molecule has 0 spiro atoms. The Morgan fingerprint density at radius 3 is 2.84 bits per heavy atom. The van der Waals surface area contributed by atoms with Crippen molar-refractivity contribution in [2.75, 3.05) is 31.6 Å². The van der Waals surface area contributed by atoms with E-state index in [2.05, 4.69) is 21.2 Å². The van der Waals surface area contributed by atoms with Crippen molar-refractivity contribution in [3.8, 4) is 0 Å². The Morgan fingerprint density at radius 2 is 2.03 bits per heavy atom. The van der Waals surface area contributed by atoms with Gasteiger partial charge in [0, 0.05) is 24.8 Å². The van der Waals surface area contributed by atoms with Crippen LogP contribution in [0.5, 0.6) is 0 Å². The van der Waals surface area contributed by atoms with E-state index in [0.29, 0.717) is 24.1 Å². The summed E-state index contributed by atoms with van der Waals surface area (Å²) in [6, 6.07) is 8.63. The van der Waals surface area contributed by atoms with Crippen molar-refractivity contribution in [3.63, 3.8) is 0 Å². The van der Waals surface area contributed by atoms with E-state index in [1.807, 2.05) is 19.1 Å². The summed E-state index contributed by atoms with van der Waals surface area (Å²) in [6.45, 7) is 5.70. The molecule has 3 saturated heterocycles. The summed E-state index contributed by atoms with van der Waals surface area (Å²) in [6.07, 6.45) is 10.4. The van der Waals surface area contributed by atoms with E-state index >= 15 is 0 Å². The number of benzene rings is 1. The maximum atomic E-state index is 11.9. The van der Waals surface area contributed by atoms with Crippen molar-refractivity contribution in [1.29, 1.82) is 0 Å². The highest BCUT2D eigenvalue weighted by Crippen LogP contribution is 2.45. The van der Waals surface area contributed by atoms with Gasteiger partial charge in [0.05, 0.1) is 18.2 Å². The SMILES string of the molecule is CCOC(=O)c1ccc(NC(=S)N2CCCC3=CC4CC(CN5CCCC[C@H]45)[C@@H]32)cc1. The zero-order valence-electron chi connectivity index (χ0n) is 18.4. The Balaban J connectivity index is 1.31. The van der Waals surface area contributed by atoms with Crippen LogP contribution < -0.4 is 5.32 Å². The fourth-order valence-electron chi connectivity index (χ4n) is 6.30. The van der Waals surface area contributed by atoms with E-state index in [1.54, 1.807) is 17.7 Å². The van der Waals surface area contributed by atoms with Gasteiger partial charge in [-0.25, -0.2) is 4.79 Å². The average molecular weight is 440 g/mol. The molecule has 4 atom stereocenters. The zero-order valence-corrected chi connectivity index (χ0v) is 19.2. The Labute approximate surface area is 190 Å². The number of thiocarbonyl (C=S) groups is 1. The molecule has 4 aliphatic rings. The van der Waals surface area contributed by atoms with Gasteiger partial charge >= 0.3 is 5.97 Å². The van der Waals surface area contributed by atoms with Gasteiger partial charge < -0.3 is 15.0 Å². The summed E-state index contributed by atoms with van der Waals surface area (Å²) >= 11 is 5.90. The Morgan fingerprint density at radius 1 is 1.19 bits per heavy atom. The molecule has 2 unspecified atom stereocenters. The Bertz CT molecular complexity index is 868. The van der Waals surface area contributed by atoms with Gasteiger partial charge in [-0.1, -0.05) is 18.1 Å². The minimum absolute atomic E-state index is 0.285. The van der Waals surface area contributed by atoms with E-state index in [1.165, 1.54) is 51.6 Å². The summed E-state index contributed by atoms with van der Waals surface area (Å²) in [5.74, 6) is 1.13. The number of carbonyl (C=O) groups excluding carboxylic acids is 1. The first-order valence-electron chi connectivity index (χ1n) is 11.9. The highest BCUT2D eigenvalue weighted by Gasteiger charge is 2.46. The van der Waals surface area contributed by atoms with Gasteiger partial charge in [-0.3, -0.25) is 4.90 Å². The highest BCUT2D eigenvalue weighted by atomic mass is 32.1. The van der Waals surface area contributed by atoms with Gasteiger partial charge in [0.15, 0.2) is 5.11 Å². The third-order valence-corrected chi connectivity index (χ3v) is 7.90. The van der Waals surface area contributed by atoms with Gasteiger partial charge in [-0.15, -0.1) is 0 Å². The number of ether oxygens (including phenoxy) is 1. The molecule has 3 heterocycles. The highest BCUT2D eigenvalue weighted by molar-refractivity contribution is 7.80. The maximum absolute atomic E-state index is 11.9. The number of esters is 1. The van der Waals surface area contributed by atoms with E-state index in [-0.39, 0.29) is 5.97 Å². The number of nitrogens with one attached hydrogen (secondary N) is 1. The molecule has 5 rings (SSSR count). The fraction of sp³-hybridized carbons (Fsp3) is 0.600. The van der Waals surface area contributed by atoms with E-state index in [0.717, 1.165) is 29.3 Å². The van der Waals surface area contributed by atoms with E-state index < -0.39 is 0 Å². The first kappa shape index (κ1) is 21.0. The number of likely N-dealkylation sites (tertiary alicyclic amines) is 1. The monoisotopic (exact) mass is 439 g/mol. The van der Waals surface area contributed by atoms with Crippen LogP contribution >= 0.6 is 12.2 Å². The van der Waals surface area contributed by atoms with Crippen LogP contribution in [0.1, 0.15) is 55.8 Å². The van der Waals surface area contributed by atoms with Crippen LogP contribution in [0.25, 0.3) is 0 Å². The van der Waals surface area contributed by atoms with Crippen molar-refractivity contribution in [1.82, 2.24) is 9.80 Å². The van der Waals surface area contributed by atoms with Crippen LogP contribution in [0.15, 0.2) is 35.9 Å². The Hall–Kier alpha value is -1.92. The lowest BCUT2D eigenvalue weighted by atomic mass is 9.68. The van der Waals surface area contributed by atoms with Gasteiger partial charge in [-0.05, 0) is 93.9 Å². The molecule has 1 aromatic rings. The molecule has 0 amide bonds. The van der Waals surface area contributed by atoms with E-state index in [4.69, 9.17) is 17.0 Å². The number of carbonyl (C=O) groups is 1. The molecule has 0 radical (unpaired) electrons. The van der Waals surface area contributed by atoms with Crippen LogP contribution in [-0.4, -0.2) is 59.2 Å². The summed E-state index contributed by atoms with van der Waals surface area (Å²) in [4.78, 5) is 17.1. The molecular weight excluding hydrogens is 406 g/mol. The van der Waals surface area contributed by atoms with Crippen molar-refractivity contribution in [3.05, 3.63) is 41.5 Å². The average Bonchev–Trinajstić information content (AvgIpc) is 2.79. The molecule has 1 aromatic carbocycles. The number of piperidine rings is 3. The smallest absolute Gasteiger partial charge is 0.338 e. The molecule has 3 fully saturated rings. The van der Waals surface area contributed by atoms with Gasteiger partial charge in [-0.2, -0.15) is 0 Å². The lowest BCUT2D eigenvalue weighted by Crippen LogP contribution is -2.60. The first-order chi connectivity index (χ1) is 15.1. The quantitative estimate of drug-likeness (QED) is 0.426. The normalized spacial score (nSPS) is 30.0. The van der Waals surface area contributed by atoms with Gasteiger partial charge in [0.25, 0.3) is 0 Å². The largest absolute Gasteiger partial charge is 0.462 e. The summed E-state index contributed by atoms with van der Waals surface area (Å²) in [5, 5.41) is 4.24. The second-order valence-electron chi connectivity index (χ2n) is 9.43. The first-order valence-corrected chi connectivity index (χ1v) is 12.3. The molecule has 166 valence electrons. The van der Waals surface area contributed by atoms with Crippen LogP contribution in [0.2, 0.25) is 0 Å². The van der Waals surface area contributed by atoms with Crippen molar-refractivity contribution < 1.29 is 9.53 Å². The predicted octanol–water partition coefficient (Wildman–Crippen LogP) is 4.46. The van der Waals surface area contributed by atoms with Crippen LogP contribution in [-0.2, 0) is 4.74 Å². The van der Waals surface area contributed by atoms with Crippen molar-refractivity contribution in [2.45, 2.75) is 57.5 Å². The van der Waals surface area contributed by atoms with Crippen molar-refractivity contribution >= 4 is 29.0 Å². The summed E-state index contributed by atoms with van der Waals surface area (Å²) in [5.41, 5.74) is 3.11. The summed E-state index contributed by atoms with van der Waals surface area (Å²) in [7, 11) is 0. The topological polar surface area (TPSA) is 44.8 Å². The minimum atomic E-state index is -0.285. The lowest BCUT2D eigenvalue weighted by Gasteiger charge is -2.55. The third-order valence-electron chi connectivity index (χ3n) is 7.57. The number of hydrogen-bond donors (Lipinski definition) is 1. The minimum Gasteiger partial charge on any atom is -0.462 e. The van der Waals surface area contributed by atoms with Gasteiger partial charge in [0.1, 0.15) is 0 Å². The van der Waals surface area contributed by atoms with Crippen LogP contribution in [0.3, 0.4) is 0 Å². The molecule has 3 aliphatic heterocycles. The molecule has 2 bridgehead atoms. The lowest BCUT2D eigenvalue weighted by molar-refractivity contribution is 0.0132. The molecule has 5 nitrogen and oxygen atoms in total. The summed E-state index contributed by atoms with van der Waals surface area (Å²) < 4.78 is 5.08. The molecule has 1 aliphatic carbocycles. The molecule has 0 saturated carbocycles. The zero-order chi connectivity index (χ0) is 21.4. The Kier molecular flexibility index (Phi) is 6.02. The molecule has 0 aromatic heterocycles. The molecule has 31 heavy (non-hydrogen) atoms. The second-order valence-corrected chi connectivity index (χ2v) is 9.82. The number of rotatable bonds is 3. The van der Waals surface area contributed by atoms with Crippen LogP contribution in [0, 0.1) is 11.8 Å². The fourth-order valence-corrected chi connectivity index (χ4v) is 6.62. The number of nitrogens with zero attached hydrogens (tertiary/aromatic N) is 2. The number of anilines is 1. The second kappa shape index (κ2) is 8.91. The van der Waals surface area contributed by atoms with Crippen molar-refractivity contribution in [2.24, 2.45) is 11.8 Å². The van der Waals surface area contributed by atoms with Gasteiger partial charge in [0.2, 0.25) is 0 Å². The molecular formula is C25H33N3O2S. The number of hydrogen-bond acceptors (Lipinski definition) is 4. The predicted molar refractivity (Wildman–Crippen MR) is 127 cm³/mol. The number of fused-ring (bicyclic) bond motifs is 6. The third kappa shape index (κ3) is 4.12. The molecule has 6 heteroatoms.